The van der Waals surface area contributed by atoms with E-state index in [1.54, 1.807) is 0 Å². The Morgan fingerprint density at radius 1 is 1.33 bits per heavy atom. The second-order valence-corrected chi connectivity index (χ2v) is 5.38. The van der Waals surface area contributed by atoms with Crippen LogP contribution in [0.3, 0.4) is 0 Å². The fourth-order valence-corrected chi connectivity index (χ4v) is 2.65. The zero-order valence-corrected chi connectivity index (χ0v) is 12.2. The molecular weight excluding hydrogens is 272 g/mol. The molecule has 21 heavy (non-hydrogen) atoms. The number of rotatable bonds is 6. The smallest absolute Gasteiger partial charge is 0.276 e. The van der Waals surface area contributed by atoms with Crippen LogP contribution in [0.4, 0.5) is 17.3 Å². The number of aromatic nitrogens is 1. The Labute approximate surface area is 123 Å². The molecule has 1 aliphatic carbocycles. The van der Waals surface area contributed by atoms with Crippen molar-refractivity contribution < 1.29 is 10.0 Å². The number of nitrogens with one attached hydrogen (secondary N) is 2. The number of aliphatic hydroxyl groups excluding tert-OH is 1. The highest BCUT2D eigenvalue weighted by Crippen LogP contribution is 2.26. The Morgan fingerprint density at radius 3 is 2.62 bits per heavy atom. The first kappa shape index (κ1) is 15.5. The van der Waals surface area contributed by atoms with E-state index in [2.05, 4.69) is 15.6 Å². The quantitative estimate of drug-likeness (QED) is 0.550. The van der Waals surface area contributed by atoms with Gasteiger partial charge in [0.25, 0.3) is 5.69 Å². The van der Waals surface area contributed by atoms with Crippen molar-refractivity contribution in [3.8, 4) is 0 Å². The van der Waals surface area contributed by atoms with Crippen LogP contribution in [0.25, 0.3) is 0 Å². The molecule has 1 aromatic rings. The van der Waals surface area contributed by atoms with Gasteiger partial charge in [-0.15, -0.1) is 0 Å². The van der Waals surface area contributed by atoms with Gasteiger partial charge in [0.2, 0.25) is 0 Å². The Bertz CT molecular complexity index is 495. The summed E-state index contributed by atoms with van der Waals surface area (Å²) in [5.41, 5.74) is 0.00708. The highest BCUT2D eigenvalue weighted by Gasteiger charge is 2.23. The van der Waals surface area contributed by atoms with Crippen molar-refractivity contribution in [1.82, 2.24) is 4.98 Å². The molecule has 3 N–H and O–H groups in total. The lowest BCUT2D eigenvalue weighted by Crippen LogP contribution is -2.30. The number of pyridine rings is 1. The molecule has 0 bridgehead atoms. The lowest BCUT2D eigenvalue weighted by molar-refractivity contribution is -0.384. The monoisotopic (exact) mass is 294 g/mol. The first-order valence-electron chi connectivity index (χ1n) is 7.42. The number of anilines is 2. The van der Waals surface area contributed by atoms with Gasteiger partial charge < -0.3 is 15.7 Å². The van der Waals surface area contributed by atoms with Gasteiger partial charge in [0.05, 0.1) is 23.2 Å². The average molecular weight is 294 g/mol. The zero-order chi connectivity index (χ0) is 15.2. The van der Waals surface area contributed by atoms with E-state index in [9.17, 15) is 15.2 Å². The van der Waals surface area contributed by atoms with E-state index in [0.29, 0.717) is 24.7 Å². The van der Waals surface area contributed by atoms with Crippen LogP contribution < -0.4 is 10.6 Å². The molecule has 0 radical (unpaired) electrons. The minimum atomic E-state index is -0.427. The molecule has 1 heterocycles. The van der Waals surface area contributed by atoms with Gasteiger partial charge >= 0.3 is 0 Å². The molecule has 0 amide bonds. The fourth-order valence-electron chi connectivity index (χ4n) is 2.65. The number of hydrogen-bond acceptors (Lipinski definition) is 6. The zero-order valence-electron chi connectivity index (χ0n) is 12.2. The molecule has 0 spiro atoms. The minimum Gasteiger partial charge on any atom is -0.393 e. The van der Waals surface area contributed by atoms with E-state index in [0.717, 1.165) is 25.7 Å². The van der Waals surface area contributed by atoms with Gasteiger partial charge in [0.1, 0.15) is 11.6 Å². The molecule has 7 nitrogen and oxygen atoms in total. The number of nitrogens with zero attached hydrogens (tertiary/aromatic N) is 2. The molecule has 2 unspecified atom stereocenters. The fraction of sp³-hybridized carbons (Fsp3) is 0.643. The summed E-state index contributed by atoms with van der Waals surface area (Å²) in [7, 11) is 0. The van der Waals surface area contributed by atoms with Gasteiger partial charge in [0.15, 0.2) is 0 Å². The maximum Gasteiger partial charge on any atom is 0.276 e. The molecule has 0 aliphatic heterocycles. The standard InChI is InChI=1S/C14H22N4O3/c1-2-15-13-7-11(18(20)21)8-14(17-13)16-9-10-5-3-4-6-12(10)19/h7-8,10,12,19H,2-6,9H2,1H3,(H2,15,16,17). The van der Waals surface area contributed by atoms with Crippen LogP contribution in [0.5, 0.6) is 0 Å². The van der Waals surface area contributed by atoms with Crippen molar-refractivity contribution in [3.05, 3.63) is 22.2 Å². The van der Waals surface area contributed by atoms with Crippen LogP contribution in [0.15, 0.2) is 12.1 Å². The second kappa shape index (κ2) is 7.21. The summed E-state index contributed by atoms with van der Waals surface area (Å²) in [6, 6.07) is 2.85. The molecule has 7 heteroatoms. The van der Waals surface area contributed by atoms with Crippen LogP contribution in [0, 0.1) is 16.0 Å². The minimum absolute atomic E-state index is 0.00708. The molecule has 1 aromatic heterocycles. The van der Waals surface area contributed by atoms with Crippen molar-refractivity contribution in [3.63, 3.8) is 0 Å². The van der Waals surface area contributed by atoms with Gasteiger partial charge in [-0.05, 0) is 19.8 Å². The van der Waals surface area contributed by atoms with Crippen molar-refractivity contribution in [2.24, 2.45) is 5.92 Å². The molecular formula is C14H22N4O3. The van der Waals surface area contributed by atoms with Gasteiger partial charge in [-0.3, -0.25) is 10.1 Å². The first-order valence-corrected chi connectivity index (χ1v) is 7.42. The van der Waals surface area contributed by atoms with Crippen LogP contribution in [-0.4, -0.2) is 34.2 Å². The maximum absolute atomic E-state index is 10.9. The van der Waals surface area contributed by atoms with Gasteiger partial charge in [0, 0.05) is 19.0 Å². The van der Waals surface area contributed by atoms with Crippen molar-refractivity contribution in [1.29, 1.82) is 0 Å². The predicted molar refractivity (Wildman–Crippen MR) is 81.5 cm³/mol. The highest BCUT2D eigenvalue weighted by molar-refractivity contribution is 5.54. The Balaban J connectivity index is 2.05. The predicted octanol–water partition coefficient (Wildman–Crippen LogP) is 2.38. The number of nitro groups is 1. The van der Waals surface area contributed by atoms with Crippen LogP contribution in [-0.2, 0) is 0 Å². The molecule has 116 valence electrons. The highest BCUT2D eigenvalue weighted by atomic mass is 16.6. The summed E-state index contributed by atoms with van der Waals surface area (Å²) in [5.74, 6) is 1.14. The van der Waals surface area contributed by atoms with E-state index in [1.165, 1.54) is 12.1 Å². The molecule has 0 saturated heterocycles. The van der Waals surface area contributed by atoms with Gasteiger partial charge in [-0.1, -0.05) is 12.8 Å². The van der Waals surface area contributed by atoms with Crippen molar-refractivity contribution in [2.45, 2.75) is 38.7 Å². The van der Waals surface area contributed by atoms with Crippen LogP contribution in [0.2, 0.25) is 0 Å². The largest absolute Gasteiger partial charge is 0.393 e. The third-order valence-corrected chi connectivity index (χ3v) is 3.79. The van der Waals surface area contributed by atoms with Crippen LogP contribution in [0.1, 0.15) is 32.6 Å². The maximum atomic E-state index is 10.9. The molecule has 1 saturated carbocycles. The Morgan fingerprint density at radius 2 is 2.00 bits per heavy atom. The summed E-state index contributed by atoms with van der Waals surface area (Å²) >= 11 is 0. The lowest BCUT2D eigenvalue weighted by atomic mass is 9.86. The SMILES string of the molecule is CCNc1cc([N+](=O)[O-])cc(NCC2CCCCC2O)n1. The molecule has 1 fully saturated rings. The first-order chi connectivity index (χ1) is 10.1. The van der Waals surface area contributed by atoms with Gasteiger partial charge in [-0.2, -0.15) is 0 Å². The van der Waals surface area contributed by atoms with E-state index in [1.807, 2.05) is 6.92 Å². The molecule has 2 atom stereocenters. The van der Waals surface area contributed by atoms with E-state index >= 15 is 0 Å². The summed E-state index contributed by atoms with van der Waals surface area (Å²) in [6.45, 7) is 3.14. The lowest BCUT2D eigenvalue weighted by Gasteiger charge is -2.27. The van der Waals surface area contributed by atoms with Crippen LogP contribution >= 0.6 is 0 Å². The number of hydrogen-bond donors (Lipinski definition) is 3. The summed E-state index contributed by atoms with van der Waals surface area (Å²) in [5, 5.41) is 27.0. The van der Waals surface area contributed by atoms with E-state index < -0.39 is 4.92 Å². The second-order valence-electron chi connectivity index (χ2n) is 5.38. The normalized spacial score (nSPS) is 21.8. The van der Waals surface area contributed by atoms with Crippen molar-refractivity contribution in [2.75, 3.05) is 23.7 Å². The van der Waals surface area contributed by atoms with E-state index in [4.69, 9.17) is 0 Å². The average Bonchev–Trinajstić information content (AvgIpc) is 2.46. The Kier molecular flexibility index (Phi) is 5.32. The third kappa shape index (κ3) is 4.29. The van der Waals surface area contributed by atoms with Crippen molar-refractivity contribution >= 4 is 17.3 Å². The summed E-state index contributed by atoms with van der Waals surface area (Å²) in [6.07, 6.45) is 3.70. The summed E-state index contributed by atoms with van der Waals surface area (Å²) < 4.78 is 0. The molecule has 0 aromatic carbocycles. The van der Waals surface area contributed by atoms with E-state index in [-0.39, 0.29) is 17.7 Å². The number of aliphatic hydroxyl groups is 1. The van der Waals surface area contributed by atoms with Gasteiger partial charge in [-0.25, -0.2) is 4.98 Å². The third-order valence-electron chi connectivity index (χ3n) is 3.79. The topological polar surface area (TPSA) is 100 Å². The molecule has 1 aliphatic rings. The Hall–Kier alpha value is -1.89. The molecule has 2 rings (SSSR count). The summed E-state index contributed by atoms with van der Waals surface area (Å²) in [4.78, 5) is 14.8.